The number of carbonyl (C=O) groups excluding carboxylic acids is 1. The van der Waals surface area contributed by atoms with Crippen LogP contribution in [0, 0.1) is 6.92 Å². The second kappa shape index (κ2) is 7.45. The maximum atomic E-state index is 11.4. The number of benzene rings is 1. The van der Waals surface area contributed by atoms with Crippen LogP contribution in [0.25, 0.3) is 0 Å². The van der Waals surface area contributed by atoms with Crippen molar-refractivity contribution < 1.29 is 9.53 Å². The van der Waals surface area contributed by atoms with E-state index in [9.17, 15) is 4.79 Å². The predicted molar refractivity (Wildman–Crippen MR) is 83.2 cm³/mol. The summed E-state index contributed by atoms with van der Waals surface area (Å²) in [7, 11) is 0. The van der Waals surface area contributed by atoms with Gasteiger partial charge in [0.15, 0.2) is 0 Å². The number of carbonyl (C=O) groups is 1. The summed E-state index contributed by atoms with van der Waals surface area (Å²) in [6.07, 6.45) is 0.259. The highest BCUT2D eigenvalue weighted by Gasteiger charge is 2.09. The molecule has 1 heterocycles. The highest BCUT2D eigenvalue weighted by atomic mass is 32.2. The topological polar surface area (TPSA) is 39.2 Å². The lowest BCUT2D eigenvalue weighted by Crippen LogP contribution is -2.07. The summed E-state index contributed by atoms with van der Waals surface area (Å²) in [4.78, 5) is 15.8. The molecule has 3 nitrogen and oxygen atoms in total. The van der Waals surface area contributed by atoms with E-state index in [2.05, 4.69) is 30.1 Å². The van der Waals surface area contributed by atoms with Crippen molar-refractivity contribution >= 4 is 29.1 Å². The Bertz CT molecular complexity index is 581. The lowest BCUT2D eigenvalue weighted by atomic mass is 10.1. The fraction of sp³-hybridized carbons (Fsp3) is 0.333. The largest absolute Gasteiger partial charge is 0.466 e. The van der Waals surface area contributed by atoms with Crippen LogP contribution in [0.1, 0.15) is 23.7 Å². The first-order valence-corrected chi connectivity index (χ1v) is 8.33. The van der Waals surface area contributed by atoms with E-state index in [1.807, 2.05) is 18.4 Å². The number of nitrogens with zero attached hydrogens (tertiary/aromatic N) is 1. The zero-order valence-electron chi connectivity index (χ0n) is 11.6. The maximum Gasteiger partial charge on any atom is 0.311 e. The molecule has 0 amide bonds. The van der Waals surface area contributed by atoms with Crippen LogP contribution in [0.15, 0.2) is 34.0 Å². The molecule has 0 saturated carbocycles. The van der Waals surface area contributed by atoms with Gasteiger partial charge in [-0.05, 0) is 25.0 Å². The molecule has 0 spiro atoms. The van der Waals surface area contributed by atoms with Gasteiger partial charge in [-0.3, -0.25) is 4.79 Å². The fourth-order valence-corrected chi connectivity index (χ4v) is 3.63. The van der Waals surface area contributed by atoms with Gasteiger partial charge in [-0.25, -0.2) is 4.98 Å². The van der Waals surface area contributed by atoms with E-state index in [1.165, 1.54) is 11.1 Å². The van der Waals surface area contributed by atoms with E-state index in [0.29, 0.717) is 6.61 Å². The first kappa shape index (κ1) is 15.1. The monoisotopic (exact) mass is 307 g/mol. The highest BCUT2D eigenvalue weighted by Crippen LogP contribution is 2.27. The van der Waals surface area contributed by atoms with Crippen molar-refractivity contribution in [2.75, 3.05) is 6.61 Å². The van der Waals surface area contributed by atoms with Gasteiger partial charge in [-0.2, -0.15) is 0 Å². The van der Waals surface area contributed by atoms with Gasteiger partial charge in [0, 0.05) is 11.1 Å². The normalized spacial score (nSPS) is 10.5. The molecule has 5 heteroatoms. The predicted octanol–water partition coefficient (Wildman–Crippen LogP) is 3.85. The van der Waals surface area contributed by atoms with E-state index in [4.69, 9.17) is 4.74 Å². The number of thiazole rings is 1. The molecule has 0 saturated heterocycles. The van der Waals surface area contributed by atoms with Crippen LogP contribution in [0.5, 0.6) is 0 Å². The molecule has 20 heavy (non-hydrogen) atoms. The van der Waals surface area contributed by atoms with Crippen molar-refractivity contribution in [2.24, 2.45) is 0 Å². The third-order valence-corrected chi connectivity index (χ3v) is 4.89. The zero-order valence-corrected chi connectivity index (χ0v) is 13.2. The number of aryl methyl sites for hydroxylation is 1. The van der Waals surface area contributed by atoms with Crippen molar-refractivity contribution in [3.05, 3.63) is 46.5 Å². The minimum Gasteiger partial charge on any atom is -0.466 e. The summed E-state index contributed by atoms with van der Waals surface area (Å²) in [6.45, 7) is 4.34. The molecule has 2 rings (SSSR count). The molecule has 1 aromatic carbocycles. The minimum absolute atomic E-state index is 0.215. The summed E-state index contributed by atoms with van der Waals surface area (Å²) in [6, 6.07) is 8.35. The Kier molecular flexibility index (Phi) is 5.61. The molecular weight excluding hydrogens is 290 g/mol. The summed E-state index contributed by atoms with van der Waals surface area (Å²) in [5, 5.41) is 1.93. The number of hydrogen-bond acceptors (Lipinski definition) is 5. The minimum atomic E-state index is -0.215. The van der Waals surface area contributed by atoms with E-state index in [0.717, 1.165) is 15.8 Å². The fourth-order valence-electron chi connectivity index (χ4n) is 1.71. The number of aromatic nitrogens is 1. The van der Waals surface area contributed by atoms with Gasteiger partial charge in [-0.1, -0.05) is 36.0 Å². The Morgan fingerprint density at radius 1 is 1.40 bits per heavy atom. The van der Waals surface area contributed by atoms with Gasteiger partial charge in [0.05, 0.1) is 18.7 Å². The Hall–Kier alpha value is -1.33. The molecule has 0 fully saturated rings. The molecular formula is C15H17NO2S2. The average Bonchev–Trinajstić information content (AvgIpc) is 2.85. The SMILES string of the molecule is CCOC(=O)Cc1csc(SCc2ccccc2C)n1. The van der Waals surface area contributed by atoms with Gasteiger partial charge in [0.2, 0.25) is 0 Å². The second-order valence-corrected chi connectivity index (χ2v) is 6.38. The molecule has 0 bridgehead atoms. The van der Waals surface area contributed by atoms with Crippen LogP contribution in [-0.4, -0.2) is 17.6 Å². The van der Waals surface area contributed by atoms with Crippen LogP contribution in [0.3, 0.4) is 0 Å². The van der Waals surface area contributed by atoms with E-state index in [-0.39, 0.29) is 12.4 Å². The molecule has 106 valence electrons. The van der Waals surface area contributed by atoms with Crippen LogP contribution in [0.2, 0.25) is 0 Å². The van der Waals surface area contributed by atoms with Crippen molar-refractivity contribution in [2.45, 2.75) is 30.4 Å². The molecule has 0 N–H and O–H groups in total. The second-order valence-electron chi connectivity index (χ2n) is 4.30. The zero-order chi connectivity index (χ0) is 14.4. The molecule has 2 aromatic rings. The van der Waals surface area contributed by atoms with E-state index in [1.54, 1.807) is 23.1 Å². The van der Waals surface area contributed by atoms with Gasteiger partial charge < -0.3 is 4.74 Å². The van der Waals surface area contributed by atoms with Crippen molar-refractivity contribution in [3.8, 4) is 0 Å². The maximum absolute atomic E-state index is 11.4. The Labute approximate surface area is 127 Å². The molecule has 0 aliphatic carbocycles. The van der Waals surface area contributed by atoms with Crippen LogP contribution < -0.4 is 0 Å². The lowest BCUT2D eigenvalue weighted by Gasteiger charge is -2.02. The number of esters is 1. The molecule has 0 atom stereocenters. The molecule has 0 unspecified atom stereocenters. The average molecular weight is 307 g/mol. The quantitative estimate of drug-likeness (QED) is 0.600. The Morgan fingerprint density at radius 3 is 2.95 bits per heavy atom. The molecule has 0 radical (unpaired) electrons. The van der Waals surface area contributed by atoms with Gasteiger partial charge in [-0.15, -0.1) is 11.3 Å². The smallest absolute Gasteiger partial charge is 0.311 e. The number of thioether (sulfide) groups is 1. The Balaban J connectivity index is 1.90. The summed E-state index contributed by atoms with van der Waals surface area (Å²) in [5.41, 5.74) is 3.41. The third kappa shape index (κ3) is 4.35. The number of hydrogen-bond donors (Lipinski definition) is 0. The van der Waals surface area contributed by atoms with Gasteiger partial charge in [0.25, 0.3) is 0 Å². The molecule has 0 aliphatic rings. The van der Waals surface area contributed by atoms with Crippen molar-refractivity contribution in [1.82, 2.24) is 4.98 Å². The van der Waals surface area contributed by atoms with E-state index >= 15 is 0 Å². The first-order valence-electron chi connectivity index (χ1n) is 6.46. The van der Waals surface area contributed by atoms with Gasteiger partial charge in [0.1, 0.15) is 4.34 Å². The van der Waals surface area contributed by atoms with Crippen molar-refractivity contribution in [3.63, 3.8) is 0 Å². The molecule has 1 aromatic heterocycles. The summed E-state index contributed by atoms with van der Waals surface area (Å²) in [5.74, 6) is 0.687. The molecule has 0 aliphatic heterocycles. The summed E-state index contributed by atoms with van der Waals surface area (Å²) < 4.78 is 5.91. The standard InChI is InChI=1S/C15H17NO2S2/c1-3-18-14(17)8-13-10-20-15(16-13)19-9-12-7-5-4-6-11(12)2/h4-7,10H,3,8-9H2,1-2H3. The lowest BCUT2D eigenvalue weighted by molar-refractivity contribution is -0.142. The number of rotatable bonds is 6. The van der Waals surface area contributed by atoms with Crippen LogP contribution in [-0.2, 0) is 21.7 Å². The van der Waals surface area contributed by atoms with Crippen molar-refractivity contribution in [1.29, 1.82) is 0 Å². The third-order valence-electron chi connectivity index (χ3n) is 2.77. The summed E-state index contributed by atoms with van der Waals surface area (Å²) >= 11 is 3.28. The van der Waals surface area contributed by atoms with E-state index < -0.39 is 0 Å². The van der Waals surface area contributed by atoms with Crippen LogP contribution in [0.4, 0.5) is 0 Å². The van der Waals surface area contributed by atoms with Crippen LogP contribution >= 0.6 is 23.1 Å². The van der Waals surface area contributed by atoms with Gasteiger partial charge >= 0.3 is 5.97 Å². The number of ether oxygens (including phenoxy) is 1. The Morgan fingerprint density at radius 2 is 2.20 bits per heavy atom. The first-order chi connectivity index (χ1) is 9.69. The highest BCUT2D eigenvalue weighted by molar-refractivity contribution is 8.00.